The molecule has 0 spiro atoms. The number of nitrogens with one attached hydrogen (secondary N) is 1. The fourth-order valence-electron chi connectivity index (χ4n) is 2.57. The molecule has 2 N–H and O–H groups in total. The summed E-state index contributed by atoms with van der Waals surface area (Å²) < 4.78 is 0. The minimum Gasteiger partial charge on any atom is -0.392 e. The molecule has 0 amide bonds. The normalized spacial score (nSPS) is 25.5. The van der Waals surface area contributed by atoms with Crippen molar-refractivity contribution >= 4 is 0 Å². The molecule has 88 valence electrons. The zero-order valence-corrected chi connectivity index (χ0v) is 10.3. The van der Waals surface area contributed by atoms with Crippen molar-refractivity contribution in [2.75, 3.05) is 6.54 Å². The van der Waals surface area contributed by atoms with Crippen molar-refractivity contribution < 1.29 is 5.11 Å². The van der Waals surface area contributed by atoms with Crippen molar-refractivity contribution in [2.45, 2.75) is 39.3 Å². The number of aliphatic hydroxyl groups excluding tert-OH is 1. The molecular weight excluding hydrogens is 198 g/mol. The summed E-state index contributed by atoms with van der Waals surface area (Å²) in [5.74, 6) is 0.621. The minimum absolute atomic E-state index is 0.277. The molecule has 1 aromatic rings. The van der Waals surface area contributed by atoms with Gasteiger partial charge in [0.2, 0.25) is 0 Å². The number of aliphatic hydroxyl groups is 1. The minimum atomic E-state index is -0.277. The third kappa shape index (κ3) is 2.28. The highest BCUT2D eigenvalue weighted by Gasteiger charge is 2.28. The van der Waals surface area contributed by atoms with Crippen LogP contribution in [0.2, 0.25) is 0 Å². The Labute approximate surface area is 97.7 Å². The maximum absolute atomic E-state index is 9.34. The molecule has 2 unspecified atom stereocenters. The van der Waals surface area contributed by atoms with Gasteiger partial charge in [-0.15, -0.1) is 0 Å². The van der Waals surface area contributed by atoms with E-state index in [0.717, 1.165) is 6.42 Å². The first-order chi connectivity index (χ1) is 7.58. The highest BCUT2D eigenvalue weighted by molar-refractivity contribution is 5.38. The lowest BCUT2D eigenvalue weighted by molar-refractivity contribution is 0.182. The second-order valence-corrected chi connectivity index (χ2v) is 5.12. The van der Waals surface area contributed by atoms with E-state index in [-0.39, 0.29) is 6.10 Å². The third-order valence-electron chi connectivity index (χ3n) is 3.38. The van der Waals surface area contributed by atoms with Crippen LogP contribution in [0.3, 0.4) is 0 Å². The molecular formula is C14H21NO. The van der Waals surface area contributed by atoms with Gasteiger partial charge in [-0.1, -0.05) is 30.7 Å². The lowest BCUT2D eigenvalue weighted by Crippen LogP contribution is -2.30. The van der Waals surface area contributed by atoms with Crippen molar-refractivity contribution in [1.29, 1.82) is 0 Å². The van der Waals surface area contributed by atoms with Gasteiger partial charge in [-0.05, 0) is 37.3 Å². The Kier molecular flexibility index (Phi) is 3.31. The molecule has 0 bridgehead atoms. The van der Waals surface area contributed by atoms with E-state index in [0.29, 0.717) is 18.5 Å². The van der Waals surface area contributed by atoms with Crippen LogP contribution >= 0.6 is 0 Å². The summed E-state index contributed by atoms with van der Waals surface area (Å²) in [5, 5.41) is 12.8. The second-order valence-electron chi connectivity index (χ2n) is 5.12. The van der Waals surface area contributed by atoms with E-state index in [4.69, 9.17) is 0 Å². The van der Waals surface area contributed by atoms with E-state index >= 15 is 0 Å². The molecule has 0 aromatic heterocycles. The number of benzene rings is 1. The summed E-state index contributed by atoms with van der Waals surface area (Å²) >= 11 is 0. The quantitative estimate of drug-likeness (QED) is 0.817. The number of hydrogen-bond acceptors (Lipinski definition) is 2. The van der Waals surface area contributed by atoms with Crippen molar-refractivity contribution in [2.24, 2.45) is 5.92 Å². The van der Waals surface area contributed by atoms with Gasteiger partial charge in [0.25, 0.3) is 0 Å². The molecule has 2 heteroatoms. The summed E-state index contributed by atoms with van der Waals surface area (Å²) in [6, 6.07) is 7.11. The molecule has 3 atom stereocenters. The molecule has 0 saturated carbocycles. The average Bonchev–Trinajstić information content (AvgIpc) is 2.51. The predicted molar refractivity (Wildman–Crippen MR) is 66.5 cm³/mol. The zero-order chi connectivity index (χ0) is 11.7. The maximum Gasteiger partial charge on any atom is 0.0636 e. The number of fused-ring (bicyclic) bond motifs is 1. The second kappa shape index (κ2) is 4.56. The Balaban J connectivity index is 2.18. The maximum atomic E-state index is 9.34. The Morgan fingerprint density at radius 3 is 2.94 bits per heavy atom. The topological polar surface area (TPSA) is 32.3 Å². The van der Waals surface area contributed by atoms with Gasteiger partial charge in [-0.3, -0.25) is 0 Å². The van der Waals surface area contributed by atoms with Gasteiger partial charge in [0, 0.05) is 12.6 Å². The molecule has 0 radical (unpaired) electrons. The highest BCUT2D eigenvalue weighted by Crippen LogP contribution is 2.36. The molecule has 1 aromatic carbocycles. The van der Waals surface area contributed by atoms with Crippen molar-refractivity contribution in [3.05, 3.63) is 34.9 Å². The Morgan fingerprint density at radius 1 is 1.50 bits per heavy atom. The Hall–Kier alpha value is -0.860. The lowest BCUT2D eigenvalue weighted by Gasteiger charge is -2.20. The molecule has 16 heavy (non-hydrogen) atoms. The third-order valence-corrected chi connectivity index (χ3v) is 3.38. The summed E-state index contributed by atoms with van der Waals surface area (Å²) in [4.78, 5) is 0. The van der Waals surface area contributed by atoms with E-state index in [1.165, 1.54) is 16.7 Å². The molecule has 0 fully saturated rings. The summed E-state index contributed by atoms with van der Waals surface area (Å²) in [5.41, 5.74) is 4.20. The van der Waals surface area contributed by atoms with Crippen molar-refractivity contribution in [3.8, 4) is 0 Å². The largest absolute Gasteiger partial charge is 0.392 e. The summed E-state index contributed by atoms with van der Waals surface area (Å²) in [6.45, 7) is 6.90. The number of aryl methyl sites for hydroxylation is 1. The van der Waals surface area contributed by atoms with Crippen LogP contribution in [-0.2, 0) is 6.42 Å². The van der Waals surface area contributed by atoms with Gasteiger partial charge in [-0.25, -0.2) is 0 Å². The Bertz CT molecular complexity index is 373. The fourth-order valence-corrected chi connectivity index (χ4v) is 2.57. The van der Waals surface area contributed by atoms with Crippen LogP contribution < -0.4 is 5.32 Å². The molecule has 1 aliphatic carbocycles. The summed E-state index contributed by atoms with van der Waals surface area (Å²) in [6.07, 6.45) is 0.869. The molecule has 1 aliphatic rings. The number of rotatable bonds is 3. The van der Waals surface area contributed by atoms with Gasteiger partial charge < -0.3 is 10.4 Å². The SMILES string of the molecule is Cc1ccc2c(c1)C(NC[C@H](C)O)C(C)C2. The standard InChI is InChI=1S/C14H21NO/c1-9-4-5-12-7-10(2)14(13(12)6-9)15-8-11(3)16/h4-6,10-11,14-16H,7-8H2,1-3H3/t10?,11-,14?/m0/s1. The molecule has 2 rings (SSSR count). The van der Waals surface area contributed by atoms with Gasteiger partial charge in [0.15, 0.2) is 0 Å². The van der Waals surface area contributed by atoms with E-state index in [1.807, 2.05) is 6.92 Å². The Morgan fingerprint density at radius 2 is 2.25 bits per heavy atom. The first kappa shape index (κ1) is 11.6. The van der Waals surface area contributed by atoms with Crippen LogP contribution in [0.1, 0.15) is 36.6 Å². The smallest absolute Gasteiger partial charge is 0.0636 e. The van der Waals surface area contributed by atoms with E-state index in [2.05, 4.69) is 37.4 Å². The van der Waals surface area contributed by atoms with Crippen LogP contribution in [0.5, 0.6) is 0 Å². The molecule has 0 aliphatic heterocycles. The molecule has 0 heterocycles. The van der Waals surface area contributed by atoms with Crippen LogP contribution in [0.25, 0.3) is 0 Å². The van der Waals surface area contributed by atoms with E-state index < -0.39 is 0 Å². The predicted octanol–water partition coefficient (Wildman–Crippen LogP) is 2.20. The summed E-state index contributed by atoms with van der Waals surface area (Å²) in [7, 11) is 0. The first-order valence-electron chi connectivity index (χ1n) is 6.09. The fraction of sp³-hybridized carbons (Fsp3) is 0.571. The van der Waals surface area contributed by atoms with Crippen LogP contribution in [0, 0.1) is 12.8 Å². The van der Waals surface area contributed by atoms with Crippen LogP contribution in [0.15, 0.2) is 18.2 Å². The zero-order valence-electron chi connectivity index (χ0n) is 10.3. The van der Waals surface area contributed by atoms with Crippen LogP contribution in [-0.4, -0.2) is 17.8 Å². The van der Waals surface area contributed by atoms with Gasteiger partial charge in [0.05, 0.1) is 6.10 Å². The van der Waals surface area contributed by atoms with Crippen molar-refractivity contribution in [3.63, 3.8) is 0 Å². The van der Waals surface area contributed by atoms with Gasteiger partial charge in [-0.2, -0.15) is 0 Å². The monoisotopic (exact) mass is 219 g/mol. The van der Waals surface area contributed by atoms with Crippen LogP contribution in [0.4, 0.5) is 0 Å². The average molecular weight is 219 g/mol. The number of hydrogen-bond donors (Lipinski definition) is 2. The molecule has 0 saturated heterocycles. The van der Waals surface area contributed by atoms with Gasteiger partial charge in [0.1, 0.15) is 0 Å². The first-order valence-corrected chi connectivity index (χ1v) is 6.09. The highest BCUT2D eigenvalue weighted by atomic mass is 16.3. The van der Waals surface area contributed by atoms with Crippen molar-refractivity contribution in [1.82, 2.24) is 5.32 Å². The lowest BCUT2D eigenvalue weighted by atomic mass is 10.0. The van der Waals surface area contributed by atoms with E-state index in [9.17, 15) is 5.11 Å². The van der Waals surface area contributed by atoms with E-state index in [1.54, 1.807) is 0 Å². The molecule has 2 nitrogen and oxygen atoms in total. The van der Waals surface area contributed by atoms with Gasteiger partial charge >= 0.3 is 0 Å².